The number of aryl methyl sites for hydroxylation is 1. The van der Waals surface area contributed by atoms with E-state index in [-0.39, 0.29) is 17.1 Å². The van der Waals surface area contributed by atoms with Gasteiger partial charge >= 0.3 is 0 Å². The normalized spacial score (nSPS) is 16.0. The van der Waals surface area contributed by atoms with Crippen molar-refractivity contribution in [2.24, 2.45) is 5.92 Å². The summed E-state index contributed by atoms with van der Waals surface area (Å²) in [5.74, 6) is 1.14. The molecule has 150 valence electrons. The summed E-state index contributed by atoms with van der Waals surface area (Å²) in [6.07, 6.45) is 0.962. The lowest BCUT2D eigenvalue weighted by Gasteiger charge is -2.21. The van der Waals surface area contributed by atoms with Gasteiger partial charge in [-0.1, -0.05) is 37.6 Å². The van der Waals surface area contributed by atoms with Crippen LogP contribution in [0.2, 0.25) is 0 Å². The SMILES string of the molecule is Cc1ccc2oc3c(c(=O)c2c1)C(c1cccc(OCCC(C)C)c1)N(C)C3=O. The summed E-state index contributed by atoms with van der Waals surface area (Å²) < 4.78 is 11.8. The molecular weight excluding hydrogens is 366 g/mol. The number of fused-ring (bicyclic) bond motifs is 2. The Hall–Kier alpha value is -3.08. The Bertz CT molecular complexity index is 1150. The number of rotatable bonds is 5. The van der Waals surface area contributed by atoms with Gasteiger partial charge in [0.05, 0.1) is 23.6 Å². The van der Waals surface area contributed by atoms with Gasteiger partial charge in [-0.15, -0.1) is 0 Å². The average molecular weight is 391 g/mol. The summed E-state index contributed by atoms with van der Waals surface area (Å²) in [5.41, 5.74) is 2.49. The first kappa shape index (κ1) is 19.2. The van der Waals surface area contributed by atoms with Gasteiger partial charge in [0.1, 0.15) is 11.3 Å². The number of hydrogen-bond acceptors (Lipinski definition) is 4. The molecule has 0 bridgehead atoms. The summed E-state index contributed by atoms with van der Waals surface area (Å²) in [4.78, 5) is 27.7. The zero-order chi connectivity index (χ0) is 20.7. The molecule has 1 unspecified atom stereocenters. The van der Waals surface area contributed by atoms with Crippen molar-refractivity contribution in [1.29, 1.82) is 0 Å². The van der Waals surface area contributed by atoms with Crippen LogP contribution in [0.1, 0.15) is 53.6 Å². The number of carbonyl (C=O) groups is 1. The fourth-order valence-corrected chi connectivity index (χ4v) is 3.78. The third kappa shape index (κ3) is 3.41. The van der Waals surface area contributed by atoms with E-state index in [0.29, 0.717) is 29.1 Å². The lowest BCUT2D eigenvalue weighted by molar-refractivity contribution is 0.0771. The monoisotopic (exact) mass is 391 g/mol. The fraction of sp³-hybridized carbons (Fsp3) is 0.333. The van der Waals surface area contributed by atoms with Crippen LogP contribution in [-0.4, -0.2) is 24.5 Å². The number of hydrogen-bond donors (Lipinski definition) is 0. The van der Waals surface area contributed by atoms with Crippen molar-refractivity contribution in [2.45, 2.75) is 33.2 Å². The highest BCUT2D eigenvalue weighted by Crippen LogP contribution is 2.38. The number of benzene rings is 2. The molecule has 1 amide bonds. The zero-order valence-corrected chi connectivity index (χ0v) is 17.2. The molecule has 3 aromatic rings. The quantitative estimate of drug-likeness (QED) is 0.632. The first-order valence-electron chi connectivity index (χ1n) is 9.94. The Labute approximate surface area is 169 Å². The molecule has 29 heavy (non-hydrogen) atoms. The molecule has 2 aromatic carbocycles. The van der Waals surface area contributed by atoms with Gasteiger partial charge < -0.3 is 14.1 Å². The maximum atomic E-state index is 13.3. The molecule has 0 saturated heterocycles. The van der Waals surface area contributed by atoms with E-state index in [1.807, 2.05) is 43.3 Å². The molecule has 4 rings (SSSR count). The van der Waals surface area contributed by atoms with Crippen molar-refractivity contribution >= 4 is 16.9 Å². The van der Waals surface area contributed by atoms with Crippen LogP contribution in [0.15, 0.2) is 51.7 Å². The van der Waals surface area contributed by atoms with E-state index in [9.17, 15) is 9.59 Å². The summed E-state index contributed by atoms with van der Waals surface area (Å²) in [6.45, 7) is 6.87. The van der Waals surface area contributed by atoms with Gasteiger partial charge in [0.2, 0.25) is 5.76 Å². The third-order valence-electron chi connectivity index (χ3n) is 5.39. The highest BCUT2D eigenvalue weighted by Gasteiger charge is 2.40. The van der Waals surface area contributed by atoms with Gasteiger partial charge in [-0.3, -0.25) is 9.59 Å². The summed E-state index contributed by atoms with van der Waals surface area (Å²) in [6, 6.07) is 12.5. The molecule has 0 N–H and O–H groups in total. The molecule has 0 radical (unpaired) electrons. The molecule has 1 aliphatic rings. The second kappa shape index (κ2) is 7.39. The van der Waals surface area contributed by atoms with Gasteiger partial charge in [0, 0.05) is 7.05 Å². The molecule has 5 heteroatoms. The topological polar surface area (TPSA) is 59.8 Å². The predicted octanol–water partition coefficient (Wildman–Crippen LogP) is 4.70. The lowest BCUT2D eigenvalue weighted by Crippen LogP contribution is -2.25. The molecule has 2 heterocycles. The standard InChI is InChI=1S/C24H25NO4/c1-14(2)10-11-28-17-7-5-6-16(13-17)21-20-22(26)18-12-15(3)8-9-19(18)29-23(20)24(27)25(21)4/h5-9,12-14,21H,10-11H2,1-4H3. The van der Waals surface area contributed by atoms with E-state index < -0.39 is 6.04 Å². The lowest BCUT2D eigenvalue weighted by atomic mass is 9.98. The van der Waals surface area contributed by atoms with Crippen LogP contribution in [-0.2, 0) is 0 Å². The minimum absolute atomic E-state index is 0.130. The summed E-state index contributed by atoms with van der Waals surface area (Å²) in [5, 5.41) is 0.501. The van der Waals surface area contributed by atoms with Crippen LogP contribution < -0.4 is 10.2 Å². The molecule has 0 saturated carbocycles. The smallest absolute Gasteiger partial charge is 0.290 e. The Balaban J connectivity index is 1.79. The Morgan fingerprint density at radius 3 is 2.69 bits per heavy atom. The van der Waals surface area contributed by atoms with Crippen molar-refractivity contribution in [3.63, 3.8) is 0 Å². The average Bonchev–Trinajstić information content (AvgIpc) is 2.94. The van der Waals surface area contributed by atoms with E-state index in [1.54, 1.807) is 18.0 Å². The van der Waals surface area contributed by atoms with Gasteiger partial charge in [-0.25, -0.2) is 0 Å². The van der Waals surface area contributed by atoms with Gasteiger partial charge in [0.25, 0.3) is 5.91 Å². The van der Waals surface area contributed by atoms with Crippen molar-refractivity contribution in [1.82, 2.24) is 4.90 Å². The van der Waals surface area contributed by atoms with Crippen molar-refractivity contribution in [3.05, 3.63) is 75.1 Å². The van der Waals surface area contributed by atoms with Crippen LogP contribution in [0.3, 0.4) is 0 Å². The van der Waals surface area contributed by atoms with Crippen molar-refractivity contribution in [3.8, 4) is 5.75 Å². The zero-order valence-electron chi connectivity index (χ0n) is 17.2. The van der Waals surface area contributed by atoms with Crippen LogP contribution in [0.25, 0.3) is 11.0 Å². The van der Waals surface area contributed by atoms with E-state index in [1.165, 1.54) is 0 Å². The third-order valence-corrected chi connectivity index (χ3v) is 5.39. The van der Waals surface area contributed by atoms with E-state index >= 15 is 0 Å². The number of ether oxygens (including phenoxy) is 1. The van der Waals surface area contributed by atoms with Gasteiger partial charge in [-0.2, -0.15) is 0 Å². The molecule has 0 spiro atoms. The number of nitrogens with zero attached hydrogens (tertiary/aromatic N) is 1. The molecule has 1 atom stereocenters. The molecule has 1 aromatic heterocycles. The predicted molar refractivity (Wildman–Crippen MR) is 113 cm³/mol. The van der Waals surface area contributed by atoms with E-state index in [2.05, 4.69) is 13.8 Å². The Morgan fingerprint density at radius 2 is 1.93 bits per heavy atom. The van der Waals surface area contributed by atoms with E-state index in [4.69, 9.17) is 9.15 Å². The molecule has 1 aliphatic heterocycles. The van der Waals surface area contributed by atoms with Crippen LogP contribution >= 0.6 is 0 Å². The van der Waals surface area contributed by atoms with Crippen LogP contribution in [0.5, 0.6) is 5.75 Å². The maximum absolute atomic E-state index is 13.3. The maximum Gasteiger partial charge on any atom is 0.290 e. The molecular formula is C24H25NO4. The largest absolute Gasteiger partial charge is 0.494 e. The first-order valence-corrected chi connectivity index (χ1v) is 9.94. The fourth-order valence-electron chi connectivity index (χ4n) is 3.78. The van der Waals surface area contributed by atoms with Crippen molar-refractivity contribution < 1.29 is 13.9 Å². The summed E-state index contributed by atoms with van der Waals surface area (Å²) >= 11 is 0. The first-order chi connectivity index (χ1) is 13.9. The Morgan fingerprint density at radius 1 is 1.14 bits per heavy atom. The van der Waals surface area contributed by atoms with E-state index in [0.717, 1.165) is 23.3 Å². The molecule has 0 aliphatic carbocycles. The number of amides is 1. The minimum atomic E-state index is -0.493. The highest BCUT2D eigenvalue weighted by atomic mass is 16.5. The second-order valence-electron chi connectivity index (χ2n) is 8.10. The van der Waals surface area contributed by atoms with Gasteiger partial charge in [-0.05, 0) is 49.1 Å². The molecule has 5 nitrogen and oxygen atoms in total. The second-order valence-corrected chi connectivity index (χ2v) is 8.10. The molecule has 0 fully saturated rings. The van der Waals surface area contributed by atoms with Crippen LogP contribution in [0.4, 0.5) is 0 Å². The van der Waals surface area contributed by atoms with Crippen molar-refractivity contribution in [2.75, 3.05) is 13.7 Å². The summed E-state index contributed by atoms with van der Waals surface area (Å²) in [7, 11) is 1.70. The van der Waals surface area contributed by atoms with Crippen LogP contribution in [0, 0.1) is 12.8 Å². The highest BCUT2D eigenvalue weighted by molar-refractivity contribution is 5.98. The van der Waals surface area contributed by atoms with Gasteiger partial charge in [0.15, 0.2) is 5.43 Å². The number of carbonyl (C=O) groups excluding carboxylic acids is 1. The Kier molecular flexibility index (Phi) is 4.91. The minimum Gasteiger partial charge on any atom is -0.494 e.